The molecule has 1 aliphatic rings. The number of carbonyl (C=O) groups is 1. The SMILES string of the molecule is Cc1ccc(S(=O)(=O)N2CCCN(C(=O)c3ccc(C#N)cc3)CC2)cc1. The van der Waals surface area contributed by atoms with Gasteiger partial charge in [-0.3, -0.25) is 4.79 Å². The molecule has 2 aromatic rings. The average Bonchev–Trinajstić information content (AvgIpc) is 2.94. The number of nitriles is 1. The van der Waals surface area contributed by atoms with Crippen LogP contribution in [0.3, 0.4) is 0 Å². The number of benzene rings is 2. The van der Waals surface area contributed by atoms with Crippen molar-refractivity contribution in [2.45, 2.75) is 18.2 Å². The molecule has 27 heavy (non-hydrogen) atoms. The van der Waals surface area contributed by atoms with Crippen LogP contribution in [-0.4, -0.2) is 49.7 Å². The fourth-order valence-corrected chi connectivity index (χ4v) is 4.54. The molecule has 2 aromatic carbocycles. The van der Waals surface area contributed by atoms with Gasteiger partial charge in [-0.15, -0.1) is 0 Å². The summed E-state index contributed by atoms with van der Waals surface area (Å²) in [5, 5.41) is 8.86. The summed E-state index contributed by atoms with van der Waals surface area (Å²) in [6.07, 6.45) is 0.576. The summed E-state index contributed by atoms with van der Waals surface area (Å²) in [4.78, 5) is 14.6. The summed E-state index contributed by atoms with van der Waals surface area (Å²) in [6.45, 7) is 3.39. The molecule has 140 valence electrons. The van der Waals surface area contributed by atoms with Crippen LogP contribution in [0.25, 0.3) is 0 Å². The molecule has 0 radical (unpaired) electrons. The molecule has 3 rings (SSSR count). The molecule has 6 nitrogen and oxygen atoms in total. The highest BCUT2D eigenvalue weighted by atomic mass is 32.2. The lowest BCUT2D eigenvalue weighted by molar-refractivity contribution is 0.0764. The molecule has 1 aliphatic heterocycles. The molecule has 1 heterocycles. The third kappa shape index (κ3) is 4.18. The number of sulfonamides is 1. The minimum atomic E-state index is -3.57. The fourth-order valence-electron chi connectivity index (χ4n) is 3.07. The second kappa shape index (κ2) is 7.91. The Morgan fingerprint density at radius 3 is 2.26 bits per heavy atom. The minimum Gasteiger partial charge on any atom is -0.337 e. The molecule has 0 spiro atoms. The largest absolute Gasteiger partial charge is 0.337 e. The second-order valence-corrected chi connectivity index (χ2v) is 8.49. The first kappa shape index (κ1) is 19.1. The highest BCUT2D eigenvalue weighted by Crippen LogP contribution is 2.19. The molecular weight excluding hydrogens is 362 g/mol. The van der Waals surface area contributed by atoms with Gasteiger partial charge in [0.05, 0.1) is 16.5 Å². The molecule has 0 saturated carbocycles. The van der Waals surface area contributed by atoms with Gasteiger partial charge < -0.3 is 4.90 Å². The van der Waals surface area contributed by atoms with Gasteiger partial charge in [0.2, 0.25) is 10.0 Å². The third-order valence-electron chi connectivity index (χ3n) is 4.66. The normalized spacial score (nSPS) is 15.8. The third-order valence-corrected chi connectivity index (χ3v) is 6.57. The first-order valence-electron chi connectivity index (χ1n) is 8.78. The Bertz CT molecular complexity index is 961. The van der Waals surface area contributed by atoms with Crippen molar-refractivity contribution in [3.8, 4) is 6.07 Å². The smallest absolute Gasteiger partial charge is 0.253 e. The molecule has 7 heteroatoms. The lowest BCUT2D eigenvalue weighted by Crippen LogP contribution is -2.37. The second-order valence-electron chi connectivity index (χ2n) is 6.55. The van der Waals surface area contributed by atoms with Gasteiger partial charge in [0.1, 0.15) is 0 Å². The van der Waals surface area contributed by atoms with Crippen LogP contribution in [0.2, 0.25) is 0 Å². The van der Waals surface area contributed by atoms with Gasteiger partial charge in [0, 0.05) is 31.7 Å². The molecule has 1 saturated heterocycles. The molecule has 1 amide bonds. The maximum Gasteiger partial charge on any atom is 0.253 e. The van der Waals surface area contributed by atoms with Crippen molar-refractivity contribution in [2.75, 3.05) is 26.2 Å². The Hall–Kier alpha value is -2.69. The molecular formula is C20H21N3O3S. The number of hydrogen-bond acceptors (Lipinski definition) is 4. The first-order chi connectivity index (χ1) is 12.9. The van der Waals surface area contributed by atoms with Gasteiger partial charge in [0.25, 0.3) is 5.91 Å². The van der Waals surface area contributed by atoms with E-state index in [1.807, 2.05) is 13.0 Å². The highest BCUT2D eigenvalue weighted by Gasteiger charge is 2.28. The van der Waals surface area contributed by atoms with E-state index in [0.29, 0.717) is 37.2 Å². The lowest BCUT2D eigenvalue weighted by atomic mass is 10.1. The standard InChI is InChI=1S/C20H21N3O3S/c1-16-3-9-19(10-4-16)27(25,26)23-12-2-11-22(13-14-23)20(24)18-7-5-17(15-21)6-8-18/h3-10H,2,11-14H2,1H3. The summed E-state index contributed by atoms with van der Waals surface area (Å²) in [7, 11) is -3.57. The summed E-state index contributed by atoms with van der Waals surface area (Å²) in [6, 6.07) is 15.3. The van der Waals surface area contributed by atoms with Crippen LogP contribution in [0.1, 0.15) is 27.9 Å². The van der Waals surface area contributed by atoms with Gasteiger partial charge in [-0.25, -0.2) is 8.42 Å². The van der Waals surface area contributed by atoms with Crippen LogP contribution in [0, 0.1) is 18.3 Å². The van der Waals surface area contributed by atoms with Crippen LogP contribution in [0.15, 0.2) is 53.4 Å². The molecule has 0 atom stereocenters. The zero-order chi connectivity index (χ0) is 19.4. The van der Waals surface area contributed by atoms with Crippen LogP contribution in [-0.2, 0) is 10.0 Å². The molecule has 0 aromatic heterocycles. The summed E-state index contributed by atoms with van der Waals surface area (Å²) in [5.74, 6) is -0.144. The van der Waals surface area contributed by atoms with Crippen LogP contribution >= 0.6 is 0 Å². The fraction of sp³-hybridized carbons (Fsp3) is 0.300. The van der Waals surface area contributed by atoms with E-state index in [-0.39, 0.29) is 17.3 Å². The van der Waals surface area contributed by atoms with E-state index >= 15 is 0 Å². The Labute approximate surface area is 159 Å². The monoisotopic (exact) mass is 383 g/mol. The minimum absolute atomic E-state index is 0.144. The molecule has 0 N–H and O–H groups in total. The van der Waals surface area contributed by atoms with Crippen molar-refractivity contribution in [1.29, 1.82) is 5.26 Å². The van der Waals surface area contributed by atoms with E-state index in [1.165, 1.54) is 4.31 Å². The Balaban J connectivity index is 1.72. The van der Waals surface area contributed by atoms with Gasteiger partial charge in [-0.05, 0) is 49.7 Å². The molecule has 0 aliphatic carbocycles. The van der Waals surface area contributed by atoms with E-state index in [1.54, 1.807) is 53.4 Å². The maximum atomic E-state index is 12.9. The zero-order valence-electron chi connectivity index (χ0n) is 15.1. The average molecular weight is 383 g/mol. The van der Waals surface area contributed by atoms with Crippen molar-refractivity contribution in [1.82, 2.24) is 9.21 Å². The summed E-state index contributed by atoms with van der Waals surface area (Å²) < 4.78 is 27.2. The van der Waals surface area contributed by atoms with Crippen molar-refractivity contribution in [2.24, 2.45) is 0 Å². The van der Waals surface area contributed by atoms with E-state index in [4.69, 9.17) is 5.26 Å². The maximum absolute atomic E-state index is 12.9. The van der Waals surface area contributed by atoms with Crippen LogP contribution < -0.4 is 0 Å². The predicted octanol–water partition coefficient (Wildman–Crippen LogP) is 2.40. The number of rotatable bonds is 3. The van der Waals surface area contributed by atoms with Gasteiger partial charge >= 0.3 is 0 Å². The van der Waals surface area contributed by atoms with Crippen molar-refractivity contribution >= 4 is 15.9 Å². The quantitative estimate of drug-likeness (QED) is 0.815. The zero-order valence-corrected chi connectivity index (χ0v) is 15.9. The Morgan fingerprint density at radius 2 is 1.63 bits per heavy atom. The van der Waals surface area contributed by atoms with Crippen molar-refractivity contribution in [3.05, 3.63) is 65.2 Å². The summed E-state index contributed by atoms with van der Waals surface area (Å²) in [5.41, 5.74) is 2.01. The van der Waals surface area contributed by atoms with Gasteiger partial charge in [-0.2, -0.15) is 9.57 Å². The number of carbonyl (C=O) groups excluding carboxylic acids is 1. The molecule has 1 fully saturated rings. The van der Waals surface area contributed by atoms with E-state index in [9.17, 15) is 13.2 Å². The first-order valence-corrected chi connectivity index (χ1v) is 10.2. The van der Waals surface area contributed by atoms with E-state index in [2.05, 4.69) is 0 Å². The van der Waals surface area contributed by atoms with Crippen molar-refractivity contribution in [3.63, 3.8) is 0 Å². The topological polar surface area (TPSA) is 81.5 Å². The number of hydrogen-bond donors (Lipinski definition) is 0. The van der Waals surface area contributed by atoms with Gasteiger partial charge in [0.15, 0.2) is 0 Å². The van der Waals surface area contributed by atoms with Crippen LogP contribution in [0.5, 0.6) is 0 Å². The van der Waals surface area contributed by atoms with Crippen molar-refractivity contribution < 1.29 is 13.2 Å². The molecule has 0 unspecified atom stereocenters. The number of aryl methyl sites for hydroxylation is 1. The van der Waals surface area contributed by atoms with E-state index in [0.717, 1.165) is 5.56 Å². The summed E-state index contributed by atoms with van der Waals surface area (Å²) >= 11 is 0. The van der Waals surface area contributed by atoms with E-state index < -0.39 is 10.0 Å². The Morgan fingerprint density at radius 1 is 0.963 bits per heavy atom. The van der Waals surface area contributed by atoms with Crippen LogP contribution in [0.4, 0.5) is 0 Å². The van der Waals surface area contributed by atoms with Gasteiger partial charge in [-0.1, -0.05) is 17.7 Å². The molecule has 0 bridgehead atoms. The number of nitrogens with zero attached hydrogens (tertiary/aromatic N) is 3. The highest BCUT2D eigenvalue weighted by molar-refractivity contribution is 7.89. The lowest BCUT2D eigenvalue weighted by Gasteiger charge is -2.22. The Kier molecular flexibility index (Phi) is 5.59. The number of amides is 1. The predicted molar refractivity (Wildman–Crippen MR) is 102 cm³/mol.